The highest BCUT2D eigenvalue weighted by atomic mass is 19.1. The molecule has 1 unspecified atom stereocenters. The van der Waals surface area contributed by atoms with Crippen molar-refractivity contribution in [1.29, 1.82) is 0 Å². The predicted octanol–water partition coefficient (Wildman–Crippen LogP) is 2.14. The van der Waals surface area contributed by atoms with Crippen molar-refractivity contribution in [3.05, 3.63) is 35.6 Å². The molecule has 92 valence electrons. The Morgan fingerprint density at radius 3 is 2.35 bits per heavy atom. The second-order valence-electron chi connectivity index (χ2n) is 3.73. The zero-order valence-electron chi connectivity index (χ0n) is 9.90. The van der Waals surface area contributed by atoms with E-state index >= 15 is 0 Å². The average molecular weight is 238 g/mol. The molecule has 4 heteroatoms. The first-order chi connectivity index (χ1) is 8.08. The molecule has 0 heterocycles. The molecule has 0 saturated carbocycles. The van der Waals surface area contributed by atoms with E-state index in [-0.39, 0.29) is 24.4 Å². The summed E-state index contributed by atoms with van der Waals surface area (Å²) in [6.45, 7) is 1.70. The van der Waals surface area contributed by atoms with Crippen molar-refractivity contribution in [3.63, 3.8) is 0 Å². The third kappa shape index (κ3) is 3.66. The Kier molecular flexibility index (Phi) is 4.82. The Morgan fingerprint density at radius 2 is 1.88 bits per heavy atom. The summed E-state index contributed by atoms with van der Waals surface area (Å²) in [6.07, 6.45) is 0.528. The van der Waals surface area contributed by atoms with Crippen LogP contribution in [0.25, 0.3) is 0 Å². The monoisotopic (exact) mass is 238 g/mol. The van der Waals surface area contributed by atoms with Crippen LogP contribution < -0.4 is 0 Å². The van der Waals surface area contributed by atoms with Gasteiger partial charge in [0.2, 0.25) is 0 Å². The molecule has 0 aliphatic carbocycles. The number of ether oxygens (including phenoxy) is 1. The maximum Gasteiger partial charge on any atom is 0.316 e. The van der Waals surface area contributed by atoms with Gasteiger partial charge in [-0.1, -0.05) is 19.1 Å². The molecule has 17 heavy (non-hydrogen) atoms. The normalized spacial score (nSPS) is 11.9. The third-order valence-electron chi connectivity index (χ3n) is 2.58. The Balaban J connectivity index is 2.82. The summed E-state index contributed by atoms with van der Waals surface area (Å²) in [4.78, 5) is 23.1. The summed E-state index contributed by atoms with van der Waals surface area (Å²) in [7, 11) is 1.25. The standard InChI is InChI=1S/C13H15FO3/c1-3-12(15)11(13(16)17-2)8-9-4-6-10(14)7-5-9/h4-7,11H,3,8H2,1-2H3. The van der Waals surface area contributed by atoms with E-state index in [2.05, 4.69) is 4.74 Å². The van der Waals surface area contributed by atoms with Crippen LogP contribution >= 0.6 is 0 Å². The second-order valence-corrected chi connectivity index (χ2v) is 3.73. The summed E-state index contributed by atoms with van der Waals surface area (Å²) in [5.74, 6) is -1.84. The Hall–Kier alpha value is -1.71. The van der Waals surface area contributed by atoms with Gasteiger partial charge in [-0.15, -0.1) is 0 Å². The molecule has 0 amide bonds. The first-order valence-corrected chi connectivity index (χ1v) is 5.43. The lowest BCUT2D eigenvalue weighted by atomic mass is 9.94. The van der Waals surface area contributed by atoms with Gasteiger partial charge in [-0.2, -0.15) is 0 Å². The van der Waals surface area contributed by atoms with Gasteiger partial charge >= 0.3 is 5.97 Å². The highest BCUT2D eigenvalue weighted by Crippen LogP contribution is 2.14. The molecule has 0 radical (unpaired) electrons. The molecular weight excluding hydrogens is 223 g/mol. The van der Waals surface area contributed by atoms with Crippen LogP contribution in [-0.4, -0.2) is 18.9 Å². The minimum absolute atomic E-state index is 0.166. The fourth-order valence-electron chi connectivity index (χ4n) is 1.57. The SMILES string of the molecule is CCC(=O)C(Cc1ccc(F)cc1)C(=O)OC. The van der Waals surface area contributed by atoms with Crippen molar-refractivity contribution in [3.8, 4) is 0 Å². The van der Waals surface area contributed by atoms with Gasteiger partial charge < -0.3 is 4.74 Å². The summed E-state index contributed by atoms with van der Waals surface area (Å²) < 4.78 is 17.3. The summed E-state index contributed by atoms with van der Waals surface area (Å²) in [5.41, 5.74) is 0.739. The molecular formula is C13H15FO3. The number of halogens is 1. The fourth-order valence-corrected chi connectivity index (χ4v) is 1.57. The molecule has 3 nitrogen and oxygen atoms in total. The van der Waals surface area contributed by atoms with Crippen molar-refractivity contribution < 1.29 is 18.7 Å². The van der Waals surface area contributed by atoms with Gasteiger partial charge in [-0.3, -0.25) is 9.59 Å². The van der Waals surface area contributed by atoms with Crippen LogP contribution in [0.5, 0.6) is 0 Å². The highest BCUT2D eigenvalue weighted by Gasteiger charge is 2.26. The molecule has 1 aromatic rings. The van der Waals surface area contributed by atoms with E-state index in [4.69, 9.17) is 0 Å². The highest BCUT2D eigenvalue weighted by molar-refractivity contribution is 5.99. The van der Waals surface area contributed by atoms with E-state index < -0.39 is 11.9 Å². The van der Waals surface area contributed by atoms with Crippen LogP contribution in [0.3, 0.4) is 0 Å². The fraction of sp³-hybridized carbons (Fsp3) is 0.385. The molecule has 0 saturated heterocycles. The second kappa shape index (κ2) is 6.13. The maximum absolute atomic E-state index is 12.7. The van der Waals surface area contributed by atoms with Crippen molar-refractivity contribution in [2.24, 2.45) is 5.92 Å². The van der Waals surface area contributed by atoms with E-state index in [1.54, 1.807) is 19.1 Å². The van der Waals surface area contributed by atoms with Gasteiger partial charge in [0.1, 0.15) is 17.5 Å². The van der Waals surface area contributed by atoms with Gasteiger partial charge in [0.05, 0.1) is 7.11 Å². The number of benzene rings is 1. The number of hydrogen-bond acceptors (Lipinski definition) is 3. The van der Waals surface area contributed by atoms with Gasteiger partial charge in [0, 0.05) is 6.42 Å². The number of hydrogen-bond donors (Lipinski definition) is 0. The largest absolute Gasteiger partial charge is 0.468 e. The summed E-state index contributed by atoms with van der Waals surface area (Å²) in [5, 5.41) is 0. The Labute approximate surface area is 99.6 Å². The molecule has 0 spiro atoms. The topological polar surface area (TPSA) is 43.4 Å². The van der Waals surface area contributed by atoms with E-state index in [9.17, 15) is 14.0 Å². The molecule has 0 N–H and O–H groups in total. The average Bonchev–Trinajstić information content (AvgIpc) is 2.36. The maximum atomic E-state index is 12.7. The summed E-state index contributed by atoms with van der Waals surface area (Å²) >= 11 is 0. The van der Waals surface area contributed by atoms with E-state index in [1.807, 2.05) is 0 Å². The number of carbonyl (C=O) groups excluding carboxylic acids is 2. The lowest BCUT2D eigenvalue weighted by Crippen LogP contribution is -2.26. The number of carbonyl (C=O) groups is 2. The zero-order valence-corrected chi connectivity index (χ0v) is 9.90. The van der Waals surface area contributed by atoms with Crippen LogP contribution in [0.2, 0.25) is 0 Å². The van der Waals surface area contributed by atoms with Crippen molar-refractivity contribution >= 4 is 11.8 Å². The number of rotatable bonds is 5. The minimum Gasteiger partial charge on any atom is -0.468 e. The number of esters is 1. The first kappa shape index (κ1) is 13.4. The van der Waals surface area contributed by atoms with Crippen LogP contribution in [0.15, 0.2) is 24.3 Å². The molecule has 0 fully saturated rings. The number of methoxy groups -OCH3 is 1. The van der Waals surface area contributed by atoms with Gasteiger partial charge in [-0.05, 0) is 24.1 Å². The first-order valence-electron chi connectivity index (χ1n) is 5.43. The lowest BCUT2D eigenvalue weighted by molar-refractivity contribution is -0.149. The molecule has 0 aromatic heterocycles. The van der Waals surface area contributed by atoms with Gasteiger partial charge in [0.15, 0.2) is 0 Å². The molecule has 0 bridgehead atoms. The smallest absolute Gasteiger partial charge is 0.316 e. The van der Waals surface area contributed by atoms with Crippen molar-refractivity contribution in [2.75, 3.05) is 7.11 Å². The lowest BCUT2D eigenvalue weighted by Gasteiger charge is -2.12. The third-order valence-corrected chi connectivity index (χ3v) is 2.58. The van der Waals surface area contributed by atoms with Crippen LogP contribution in [0.4, 0.5) is 4.39 Å². The van der Waals surface area contributed by atoms with Crippen molar-refractivity contribution in [1.82, 2.24) is 0 Å². The van der Waals surface area contributed by atoms with Crippen molar-refractivity contribution in [2.45, 2.75) is 19.8 Å². The molecule has 0 aliphatic rings. The van der Waals surface area contributed by atoms with E-state index in [0.29, 0.717) is 0 Å². The van der Waals surface area contributed by atoms with Crippen LogP contribution in [0, 0.1) is 11.7 Å². The molecule has 0 aliphatic heterocycles. The molecule has 1 aromatic carbocycles. The Bertz CT molecular complexity index is 382. The zero-order chi connectivity index (χ0) is 12.8. The quantitative estimate of drug-likeness (QED) is 0.583. The van der Waals surface area contributed by atoms with E-state index in [0.717, 1.165) is 5.56 Å². The Morgan fingerprint density at radius 1 is 1.29 bits per heavy atom. The molecule has 1 atom stereocenters. The number of ketones is 1. The number of Topliss-reactive ketones (excluding diaryl/α,β-unsaturated/α-hetero) is 1. The van der Waals surface area contributed by atoms with Crippen LogP contribution in [-0.2, 0) is 20.7 Å². The van der Waals surface area contributed by atoms with Gasteiger partial charge in [0.25, 0.3) is 0 Å². The van der Waals surface area contributed by atoms with Crippen LogP contribution in [0.1, 0.15) is 18.9 Å². The molecule has 1 rings (SSSR count). The van der Waals surface area contributed by atoms with Gasteiger partial charge in [-0.25, -0.2) is 4.39 Å². The summed E-state index contributed by atoms with van der Waals surface area (Å²) in [6, 6.07) is 5.74. The predicted molar refractivity (Wildman–Crippen MR) is 60.9 cm³/mol. The minimum atomic E-state index is -0.796. The van der Waals surface area contributed by atoms with E-state index in [1.165, 1.54) is 19.2 Å².